The molecule has 0 bridgehead atoms. The van der Waals surface area contributed by atoms with E-state index in [1.54, 1.807) is 6.20 Å². The molecule has 0 saturated carbocycles. The molecule has 0 fully saturated rings. The second-order valence-electron chi connectivity index (χ2n) is 3.34. The first kappa shape index (κ1) is 11.5. The Balaban J connectivity index is 0.000000337. The van der Waals surface area contributed by atoms with Crippen LogP contribution in [0.1, 0.15) is 20.3 Å². The maximum atomic E-state index is 4.06. The second kappa shape index (κ2) is 6.82. The molecule has 0 unspecified atom stereocenters. The predicted octanol–water partition coefficient (Wildman–Crippen LogP) is 3.39. The van der Waals surface area contributed by atoms with Crippen molar-refractivity contribution in [2.45, 2.75) is 20.3 Å². The van der Waals surface area contributed by atoms with Crippen molar-refractivity contribution >= 4 is 5.69 Å². The van der Waals surface area contributed by atoms with Gasteiger partial charge in [-0.25, -0.2) is 0 Å². The van der Waals surface area contributed by atoms with Crippen molar-refractivity contribution < 1.29 is 0 Å². The van der Waals surface area contributed by atoms with Crippen LogP contribution in [0.3, 0.4) is 0 Å². The van der Waals surface area contributed by atoms with E-state index in [4.69, 9.17) is 0 Å². The highest BCUT2D eigenvalue weighted by Crippen LogP contribution is 2.13. The fraction of sp³-hybridized carbons (Fsp3) is 0.308. The lowest BCUT2D eigenvalue weighted by Gasteiger charge is -2.19. The molecule has 1 aromatic rings. The van der Waals surface area contributed by atoms with E-state index in [0.29, 0.717) is 0 Å². The Bertz CT molecular complexity index is 315. The van der Waals surface area contributed by atoms with Gasteiger partial charge in [-0.3, -0.25) is 4.98 Å². The lowest BCUT2D eigenvalue weighted by molar-refractivity contribution is 1.06. The van der Waals surface area contributed by atoms with E-state index in [2.05, 4.69) is 42.1 Å². The van der Waals surface area contributed by atoms with Crippen LogP contribution in [0.15, 0.2) is 49.0 Å². The van der Waals surface area contributed by atoms with Gasteiger partial charge >= 0.3 is 0 Å². The molecule has 15 heavy (non-hydrogen) atoms. The Labute approximate surface area is 92.0 Å². The Morgan fingerprint density at radius 3 is 2.67 bits per heavy atom. The van der Waals surface area contributed by atoms with Crippen LogP contribution in [0.2, 0.25) is 0 Å². The van der Waals surface area contributed by atoms with Crippen molar-refractivity contribution in [3.05, 3.63) is 49.0 Å². The lowest BCUT2D eigenvalue weighted by Crippen LogP contribution is -2.17. The molecule has 0 atom stereocenters. The van der Waals surface area contributed by atoms with Crippen LogP contribution in [0, 0.1) is 0 Å². The van der Waals surface area contributed by atoms with E-state index in [1.807, 2.05) is 24.4 Å². The summed E-state index contributed by atoms with van der Waals surface area (Å²) >= 11 is 0. The number of rotatable bonds is 1. The summed E-state index contributed by atoms with van der Waals surface area (Å²) in [5.41, 5.74) is 1.14. The van der Waals surface area contributed by atoms with Crippen molar-refractivity contribution in [1.82, 2.24) is 4.98 Å². The summed E-state index contributed by atoms with van der Waals surface area (Å²) in [5.74, 6) is 0. The largest absolute Gasteiger partial charge is 0.343 e. The van der Waals surface area contributed by atoms with Crippen molar-refractivity contribution in [2.24, 2.45) is 0 Å². The zero-order valence-electron chi connectivity index (χ0n) is 9.43. The summed E-state index contributed by atoms with van der Waals surface area (Å²) in [7, 11) is 0. The van der Waals surface area contributed by atoms with Gasteiger partial charge in [0.15, 0.2) is 0 Å². The summed E-state index contributed by atoms with van der Waals surface area (Å²) in [6.07, 6.45) is 13.1. The second-order valence-corrected chi connectivity index (χ2v) is 3.34. The molecule has 0 aliphatic carbocycles. The fourth-order valence-corrected chi connectivity index (χ4v) is 1.18. The minimum Gasteiger partial charge on any atom is -0.343 e. The van der Waals surface area contributed by atoms with Crippen LogP contribution < -0.4 is 4.90 Å². The number of nitrogens with zero attached hydrogens (tertiary/aromatic N) is 2. The molecule has 80 valence electrons. The van der Waals surface area contributed by atoms with E-state index >= 15 is 0 Å². The fourth-order valence-electron chi connectivity index (χ4n) is 1.18. The van der Waals surface area contributed by atoms with Gasteiger partial charge in [0, 0.05) is 18.9 Å². The van der Waals surface area contributed by atoms with Crippen LogP contribution in [-0.4, -0.2) is 11.5 Å². The van der Waals surface area contributed by atoms with E-state index < -0.39 is 0 Å². The van der Waals surface area contributed by atoms with Crippen LogP contribution in [-0.2, 0) is 0 Å². The topological polar surface area (TPSA) is 16.1 Å². The summed E-state index contributed by atoms with van der Waals surface area (Å²) in [5, 5.41) is 0. The molecule has 2 rings (SSSR count). The number of hydrogen-bond acceptors (Lipinski definition) is 2. The SMILES string of the molecule is C1=CCN(c2cccnc2)C=C1.CCC. The molecule has 0 spiro atoms. The summed E-state index contributed by atoms with van der Waals surface area (Å²) in [6, 6.07) is 4.00. The summed E-state index contributed by atoms with van der Waals surface area (Å²) < 4.78 is 0. The van der Waals surface area contributed by atoms with Gasteiger partial charge < -0.3 is 4.90 Å². The minimum absolute atomic E-state index is 0.933. The average molecular weight is 202 g/mol. The highest BCUT2D eigenvalue weighted by molar-refractivity contribution is 5.49. The van der Waals surface area contributed by atoms with Crippen LogP contribution in [0.25, 0.3) is 0 Å². The van der Waals surface area contributed by atoms with Crippen LogP contribution in [0.5, 0.6) is 0 Å². The zero-order chi connectivity index (χ0) is 10.9. The third-order valence-electron chi connectivity index (χ3n) is 1.79. The van der Waals surface area contributed by atoms with Gasteiger partial charge in [-0.05, 0) is 18.2 Å². The highest BCUT2D eigenvalue weighted by atomic mass is 15.1. The molecule has 2 nitrogen and oxygen atoms in total. The quantitative estimate of drug-likeness (QED) is 0.694. The Hall–Kier alpha value is -1.57. The van der Waals surface area contributed by atoms with Crippen molar-refractivity contribution in [3.8, 4) is 0 Å². The van der Waals surface area contributed by atoms with Crippen molar-refractivity contribution in [1.29, 1.82) is 0 Å². The maximum Gasteiger partial charge on any atom is 0.0595 e. The molecule has 2 heterocycles. The molecular weight excluding hydrogens is 184 g/mol. The normalized spacial score (nSPS) is 13.3. The molecular formula is C13H18N2. The zero-order valence-corrected chi connectivity index (χ0v) is 9.43. The number of anilines is 1. The number of hydrogen-bond donors (Lipinski definition) is 0. The van der Waals surface area contributed by atoms with Gasteiger partial charge in [0.2, 0.25) is 0 Å². The molecule has 2 heteroatoms. The first-order valence-electron chi connectivity index (χ1n) is 5.38. The van der Waals surface area contributed by atoms with Gasteiger partial charge in [0.05, 0.1) is 11.9 Å². The molecule has 0 aromatic carbocycles. The Morgan fingerprint density at radius 2 is 2.13 bits per heavy atom. The minimum atomic E-state index is 0.933. The smallest absolute Gasteiger partial charge is 0.0595 e. The van der Waals surface area contributed by atoms with Crippen LogP contribution >= 0.6 is 0 Å². The number of pyridine rings is 1. The van der Waals surface area contributed by atoms with E-state index in [-0.39, 0.29) is 0 Å². The summed E-state index contributed by atoms with van der Waals surface area (Å²) in [4.78, 5) is 6.21. The van der Waals surface area contributed by atoms with Gasteiger partial charge in [-0.2, -0.15) is 0 Å². The van der Waals surface area contributed by atoms with E-state index in [1.165, 1.54) is 6.42 Å². The van der Waals surface area contributed by atoms with E-state index in [0.717, 1.165) is 12.2 Å². The first-order valence-corrected chi connectivity index (χ1v) is 5.38. The van der Waals surface area contributed by atoms with Gasteiger partial charge in [0.1, 0.15) is 0 Å². The highest BCUT2D eigenvalue weighted by Gasteiger charge is 2.00. The molecule has 0 saturated heterocycles. The molecule has 0 radical (unpaired) electrons. The summed E-state index contributed by atoms with van der Waals surface area (Å²) in [6.45, 7) is 5.18. The molecule has 1 aliphatic heterocycles. The first-order chi connectivity index (χ1) is 7.38. The Morgan fingerprint density at radius 1 is 1.33 bits per heavy atom. The van der Waals surface area contributed by atoms with Gasteiger partial charge in [0.25, 0.3) is 0 Å². The standard InChI is InChI=1S/C10H10N2.C3H8/c1-2-7-12(8-3-1)10-5-4-6-11-9-10;1-3-2/h1-7,9H,8H2;3H2,1-2H3. The lowest BCUT2D eigenvalue weighted by atomic mass is 10.3. The molecule has 1 aromatic heterocycles. The monoisotopic (exact) mass is 202 g/mol. The van der Waals surface area contributed by atoms with Crippen molar-refractivity contribution in [2.75, 3.05) is 11.4 Å². The molecule has 0 N–H and O–H groups in total. The average Bonchev–Trinajstić information content (AvgIpc) is 2.32. The number of aromatic nitrogens is 1. The number of allylic oxidation sites excluding steroid dienone is 2. The molecule has 1 aliphatic rings. The van der Waals surface area contributed by atoms with Gasteiger partial charge in [-0.15, -0.1) is 0 Å². The maximum absolute atomic E-state index is 4.06. The van der Waals surface area contributed by atoms with Crippen LogP contribution in [0.4, 0.5) is 5.69 Å². The third-order valence-corrected chi connectivity index (χ3v) is 1.79. The van der Waals surface area contributed by atoms with E-state index in [9.17, 15) is 0 Å². The third kappa shape index (κ3) is 3.98. The predicted molar refractivity (Wildman–Crippen MR) is 65.8 cm³/mol. The Kier molecular flexibility index (Phi) is 5.23. The van der Waals surface area contributed by atoms with Gasteiger partial charge in [-0.1, -0.05) is 32.4 Å². The van der Waals surface area contributed by atoms with Crippen molar-refractivity contribution in [3.63, 3.8) is 0 Å². The molecule has 0 amide bonds.